The van der Waals surface area contributed by atoms with E-state index in [-0.39, 0.29) is 0 Å². The lowest BCUT2D eigenvalue weighted by molar-refractivity contribution is 0.144. The fraction of sp³-hybridized carbons (Fsp3) is 0.667. The molecule has 3 nitrogen and oxygen atoms in total. The van der Waals surface area contributed by atoms with E-state index in [0.29, 0.717) is 12.1 Å². The number of rotatable bonds is 3. The van der Waals surface area contributed by atoms with Crippen LogP contribution in [0.15, 0.2) is 24.5 Å². The van der Waals surface area contributed by atoms with Crippen molar-refractivity contribution in [2.45, 2.75) is 56.8 Å². The first-order valence-corrected chi connectivity index (χ1v) is 7.12. The molecular weight excluding hydrogens is 222 g/mol. The van der Waals surface area contributed by atoms with Gasteiger partial charge in [0.2, 0.25) is 0 Å². The van der Waals surface area contributed by atoms with Crippen LogP contribution in [0.25, 0.3) is 0 Å². The Morgan fingerprint density at radius 2 is 2.06 bits per heavy atom. The average Bonchev–Trinajstić information content (AvgIpc) is 2.63. The first-order chi connectivity index (χ1) is 8.74. The van der Waals surface area contributed by atoms with Gasteiger partial charge in [0.15, 0.2) is 0 Å². The Hall–Kier alpha value is -0.930. The molecule has 0 amide bonds. The van der Waals surface area contributed by atoms with Crippen molar-refractivity contribution in [3.8, 4) is 0 Å². The number of aromatic nitrogens is 1. The van der Waals surface area contributed by atoms with E-state index in [9.17, 15) is 0 Å². The smallest absolute Gasteiger partial charge is 0.0315 e. The maximum absolute atomic E-state index is 4.20. The van der Waals surface area contributed by atoms with Crippen molar-refractivity contribution in [2.75, 3.05) is 7.05 Å². The topological polar surface area (TPSA) is 28.2 Å². The molecule has 1 aromatic heterocycles. The molecule has 98 valence electrons. The molecule has 1 N–H and O–H groups in total. The van der Waals surface area contributed by atoms with E-state index in [2.05, 4.69) is 35.2 Å². The average molecular weight is 245 g/mol. The predicted octanol–water partition coefficient (Wildman–Crippen LogP) is 2.36. The number of nitrogens with zero attached hydrogens (tertiary/aromatic N) is 2. The molecule has 3 heteroatoms. The van der Waals surface area contributed by atoms with Crippen molar-refractivity contribution in [1.29, 1.82) is 0 Å². The Kier molecular flexibility index (Phi) is 3.35. The second kappa shape index (κ2) is 4.98. The maximum atomic E-state index is 4.20. The Balaban J connectivity index is 1.61. The molecule has 18 heavy (non-hydrogen) atoms. The first-order valence-electron chi connectivity index (χ1n) is 7.12. The molecule has 3 heterocycles. The van der Waals surface area contributed by atoms with Gasteiger partial charge in [-0.3, -0.25) is 4.98 Å². The molecule has 2 bridgehead atoms. The number of fused-ring (bicyclic) bond motifs is 2. The van der Waals surface area contributed by atoms with Gasteiger partial charge in [0.25, 0.3) is 0 Å². The SMILES string of the molecule is C[C@@H](NC1CC2CCC(C1)N2C)c1cccnc1. The van der Waals surface area contributed by atoms with Gasteiger partial charge < -0.3 is 10.2 Å². The molecule has 3 atom stereocenters. The molecule has 2 aliphatic rings. The number of hydrogen-bond donors (Lipinski definition) is 1. The summed E-state index contributed by atoms with van der Waals surface area (Å²) in [4.78, 5) is 6.80. The molecule has 0 aromatic carbocycles. The van der Waals surface area contributed by atoms with E-state index in [4.69, 9.17) is 0 Å². The summed E-state index contributed by atoms with van der Waals surface area (Å²) in [5, 5.41) is 3.79. The molecule has 0 radical (unpaired) electrons. The predicted molar refractivity (Wildman–Crippen MR) is 73.4 cm³/mol. The van der Waals surface area contributed by atoms with Crippen LogP contribution in [0.4, 0.5) is 0 Å². The van der Waals surface area contributed by atoms with Gasteiger partial charge in [-0.15, -0.1) is 0 Å². The third kappa shape index (κ3) is 2.29. The minimum absolute atomic E-state index is 0.409. The molecule has 2 unspecified atom stereocenters. The number of hydrogen-bond acceptors (Lipinski definition) is 3. The summed E-state index contributed by atoms with van der Waals surface area (Å²) in [6, 6.07) is 6.88. The second-order valence-corrected chi connectivity index (χ2v) is 5.89. The van der Waals surface area contributed by atoms with E-state index < -0.39 is 0 Å². The van der Waals surface area contributed by atoms with Crippen molar-refractivity contribution in [1.82, 2.24) is 15.2 Å². The third-order valence-electron chi connectivity index (χ3n) is 4.77. The van der Waals surface area contributed by atoms with Gasteiger partial charge in [-0.1, -0.05) is 6.07 Å². The van der Waals surface area contributed by atoms with Crippen LogP contribution in [0.1, 0.15) is 44.2 Å². The highest BCUT2D eigenvalue weighted by molar-refractivity contribution is 5.13. The summed E-state index contributed by atoms with van der Waals surface area (Å²) in [5.41, 5.74) is 1.30. The zero-order chi connectivity index (χ0) is 12.5. The van der Waals surface area contributed by atoms with Gasteiger partial charge >= 0.3 is 0 Å². The zero-order valence-electron chi connectivity index (χ0n) is 11.3. The highest BCUT2D eigenvalue weighted by Gasteiger charge is 2.38. The molecule has 2 aliphatic heterocycles. The second-order valence-electron chi connectivity index (χ2n) is 5.89. The van der Waals surface area contributed by atoms with Gasteiger partial charge in [0.05, 0.1) is 0 Å². The van der Waals surface area contributed by atoms with E-state index >= 15 is 0 Å². The largest absolute Gasteiger partial charge is 0.307 e. The fourth-order valence-electron chi connectivity index (χ4n) is 3.63. The number of pyridine rings is 1. The van der Waals surface area contributed by atoms with Gasteiger partial charge in [-0.05, 0) is 51.3 Å². The van der Waals surface area contributed by atoms with Gasteiger partial charge in [0.1, 0.15) is 0 Å². The Labute approximate surface area is 110 Å². The molecule has 1 aromatic rings. The molecule has 0 spiro atoms. The lowest BCUT2D eigenvalue weighted by Crippen LogP contribution is -2.47. The molecule has 2 saturated heterocycles. The maximum Gasteiger partial charge on any atom is 0.0315 e. The Morgan fingerprint density at radius 1 is 1.33 bits per heavy atom. The zero-order valence-corrected chi connectivity index (χ0v) is 11.3. The van der Waals surface area contributed by atoms with Crippen LogP contribution in [0.3, 0.4) is 0 Å². The van der Waals surface area contributed by atoms with E-state index in [1.54, 1.807) is 0 Å². The lowest BCUT2D eigenvalue weighted by atomic mass is 9.96. The summed E-state index contributed by atoms with van der Waals surface area (Å²) >= 11 is 0. The van der Waals surface area contributed by atoms with E-state index in [0.717, 1.165) is 12.1 Å². The molecule has 3 rings (SSSR count). The summed E-state index contributed by atoms with van der Waals surface area (Å²) in [6.07, 6.45) is 9.20. The minimum atomic E-state index is 0.409. The van der Waals surface area contributed by atoms with Crippen LogP contribution in [0.5, 0.6) is 0 Å². The summed E-state index contributed by atoms with van der Waals surface area (Å²) in [7, 11) is 2.29. The van der Waals surface area contributed by atoms with Crippen molar-refractivity contribution < 1.29 is 0 Å². The lowest BCUT2D eigenvalue weighted by Gasteiger charge is -2.38. The van der Waals surface area contributed by atoms with Gasteiger partial charge in [-0.2, -0.15) is 0 Å². The van der Waals surface area contributed by atoms with E-state index in [1.807, 2.05) is 18.5 Å². The Bertz CT molecular complexity index is 378. The standard InChI is InChI=1S/C15H23N3/c1-11(12-4-3-7-16-10-12)17-13-8-14-5-6-15(9-13)18(14)2/h3-4,7,10-11,13-15,17H,5-6,8-9H2,1-2H3/t11-,13?,14?,15?/m1/s1. The van der Waals surface area contributed by atoms with E-state index in [1.165, 1.54) is 31.2 Å². The monoisotopic (exact) mass is 245 g/mol. The summed E-state index contributed by atoms with van der Waals surface area (Å²) in [5.74, 6) is 0. The van der Waals surface area contributed by atoms with Crippen molar-refractivity contribution in [2.24, 2.45) is 0 Å². The fourth-order valence-corrected chi connectivity index (χ4v) is 3.63. The minimum Gasteiger partial charge on any atom is -0.307 e. The molecule has 0 aliphatic carbocycles. The van der Waals surface area contributed by atoms with Gasteiger partial charge in [0, 0.05) is 36.6 Å². The van der Waals surface area contributed by atoms with Crippen LogP contribution >= 0.6 is 0 Å². The highest BCUT2D eigenvalue weighted by atomic mass is 15.2. The number of nitrogens with one attached hydrogen (secondary N) is 1. The van der Waals surface area contributed by atoms with Crippen molar-refractivity contribution >= 4 is 0 Å². The summed E-state index contributed by atoms with van der Waals surface area (Å²) in [6.45, 7) is 2.25. The van der Waals surface area contributed by atoms with Crippen LogP contribution in [0, 0.1) is 0 Å². The van der Waals surface area contributed by atoms with Crippen LogP contribution in [-0.4, -0.2) is 35.1 Å². The van der Waals surface area contributed by atoms with Crippen LogP contribution in [-0.2, 0) is 0 Å². The molecule has 0 saturated carbocycles. The van der Waals surface area contributed by atoms with Crippen LogP contribution in [0.2, 0.25) is 0 Å². The quantitative estimate of drug-likeness (QED) is 0.886. The highest BCUT2D eigenvalue weighted by Crippen LogP contribution is 2.34. The van der Waals surface area contributed by atoms with Crippen molar-refractivity contribution in [3.63, 3.8) is 0 Å². The third-order valence-corrected chi connectivity index (χ3v) is 4.77. The Morgan fingerprint density at radius 3 is 2.67 bits per heavy atom. The summed E-state index contributed by atoms with van der Waals surface area (Å²) < 4.78 is 0. The normalized spacial score (nSPS) is 33.6. The molecular formula is C15H23N3. The first kappa shape index (κ1) is 12.1. The van der Waals surface area contributed by atoms with Crippen molar-refractivity contribution in [3.05, 3.63) is 30.1 Å². The molecule has 2 fully saturated rings. The number of piperidine rings is 1. The van der Waals surface area contributed by atoms with Gasteiger partial charge in [-0.25, -0.2) is 0 Å². The van der Waals surface area contributed by atoms with Crippen LogP contribution < -0.4 is 5.32 Å².